The Kier molecular flexibility index (Phi) is 5.52. The Morgan fingerprint density at radius 1 is 1.19 bits per heavy atom. The van der Waals surface area contributed by atoms with Gasteiger partial charge in [0.05, 0.1) is 15.0 Å². The molecule has 2 aromatic carbocycles. The quantitative estimate of drug-likeness (QED) is 0.569. The number of hydrogen-bond donors (Lipinski definition) is 2. The van der Waals surface area contributed by atoms with Crippen molar-refractivity contribution in [1.29, 1.82) is 0 Å². The molecule has 3 rings (SSSR count). The van der Waals surface area contributed by atoms with E-state index in [4.69, 9.17) is 35.4 Å². The summed E-state index contributed by atoms with van der Waals surface area (Å²) in [6.45, 7) is 0. The summed E-state index contributed by atoms with van der Waals surface area (Å²) in [6.07, 6.45) is 1.53. The Bertz CT molecular complexity index is 925. The van der Waals surface area contributed by atoms with Crippen LogP contribution in [-0.2, 0) is 4.79 Å². The number of phenolic OH excluding ortho intramolecular Hbond substituents is 1. The topological polar surface area (TPSA) is 69.6 Å². The Morgan fingerprint density at radius 3 is 2.42 bits per heavy atom. The van der Waals surface area contributed by atoms with Crippen molar-refractivity contribution < 1.29 is 14.7 Å². The molecule has 2 N–H and O–H groups in total. The van der Waals surface area contributed by atoms with E-state index in [1.54, 1.807) is 30.3 Å². The van der Waals surface area contributed by atoms with Gasteiger partial charge < -0.3 is 5.11 Å². The number of hydrogen-bond acceptors (Lipinski definition) is 5. The van der Waals surface area contributed by atoms with Crippen LogP contribution < -0.4 is 5.43 Å². The van der Waals surface area contributed by atoms with Gasteiger partial charge in [0.15, 0.2) is 10.1 Å². The molecule has 0 spiro atoms. The van der Waals surface area contributed by atoms with Gasteiger partial charge in [0.2, 0.25) is 0 Å². The lowest BCUT2D eigenvalue weighted by atomic mass is 10.2. The third-order valence-electron chi connectivity index (χ3n) is 3.38. The highest BCUT2D eigenvalue weighted by Crippen LogP contribution is 2.36. The van der Waals surface area contributed by atoms with E-state index < -0.39 is 11.8 Å². The Morgan fingerprint density at radius 2 is 1.81 bits per heavy atom. The van der Waals surface area contributed by atoms with Crippen LogP contribution in [0.15, 0.2) is 47.4 Å². The highest BCUT2D eigenvalue weighted by molar-refractivity contribution is 8.26. The van der Waals surface area contributed by atoms with Crippen molar-refractivity contribution in [3.05, 3.63) is 68.5 Å². The largest absolute Gasteiger partial charge is 0.505 e. The van der Waals surface area contributed by atoms with E-state index in [0.717, 1.165) is 16.8 Å². The summed E-state index contributed by atoms with van der Waals surface area (Å²) in [5.41, 5.74) is 3.42. The first-order valence-electron chi connectivity index (χ1n) is 7.19. The second-order valence-corrected chi connectivity index (χ2v) is 7.65. The predicted molar refractivity (Wildman–Crippen MR) is 107 cm³/mol. The van der Waals surface area contributed by atoms with E-state index in [1.807, 2.05) is 0 Å². The van der Waals surface area contributed by atoms with Crippen LogP contribution in [0.1, 0.15) is 15.9 Å². The van der Waals surface area contributed by atoms with Gasteiger partial charge in [0.1, 0.15) is 0 Å². The summed E-state index contributed by atoms with van der Waals surface area (Å²) < 4.78 is 0.196. The summed E-state index contributed by atoms with van der Waals surface area (Å²) in [5.74, 6) is -1.14. The number of phenols is 1. The minimum absolute atomic E-state index is 0.0663. The molecule has 0 radical (unpaired) electrons. The van der Waals surface area contributed by atoms with Gasteiger partial charge in [-0.05, 0) is 48.1 Å². The molecule has 1 aliphatic rings. The van der Waals surface area contributed by atoms with Crippen molar-refractivity contribution >= 4 is 69.4 Å². The molecule has 0 bridgehead atoms. The molecule has 26 heavy (non-hydrogen) atoms. The molecule has 1 fully saturated rings. The van der Waals surface area contributed by atoms with Crippen LogP contribution in [-0.4, -0.2) is 26.3 Å². The number of hydrazine groups is 1. The number of carbonyl (C=O) groups is 2. The first-order valence-corrected chi connectivity index (χ1v) is 9.17. The van der Waals surface area contributed by atoms with Crippen LogP contribution in [0.25, 0.3) is 6.08 Å². The monoisotopic (exact) mass is 424 g/mol. The number of nitrogens with zero attached hydrogens (tertiary/aromatic N) is 1. The molecule has 1 heterocycles. The van der Waals surface area contributed by atoms with Gasteiger partial charge in [-0.3, -0.25) is 15.0 Å². The van der Waals surface area contributed by atoms with Gasteiger partial charge in [0.25, 0.3) is 11.8 Å². The number of thioether (sulfide) groups is 1. The van der Waals surface area contributed by atoms with E-state index in [2.05, 4.69) is 5.43 Å². The molecule has 0 aliphatic carbocycles. The summed E-state index contributed by atoms with van der Waals surface area (Å²) in [6, 6.07) is 11.4. The van der Waals surface area contributed by atoms with E-state index in [1.165, 1.54) is 18.2 Å². The van der Waals surface area contributed by atoms with Crippen molar-refractivity contribution in [2.75, 3.05) is 0 Å². The number of thiocarbonyl (C=S) groups is 1. The maximum atomic E-state index is 12.5. The van der Waals surface area contributed by atoms with E-state index in [9.17, 15) is 14.7 Å². The SMILES string of the molecule is O=C(NN1C(=O)/C(=C/c2cc(Cl)c(O)c(Cl)c2)SC1=S)c1ccccc1. The molecule has 0 saturated carbocycles. The first kappa shape index (κ1) is 18.7. The molecule has 2 amide bonds. The zero-order valence-corrected chi connectivity index (χ0v) is 16.0. The fourth-order valence-electron chi connectivity index (χ4n) is 2.14. The van der Waals surface area contributed by atoms with Crippen molar-refractivity contribution in [3.63, 3.8) is 0 Å². The normalized spacial score (nSPS) is 15.6. The third kappa shape index (κ3) is 3.86. The Balaban J connectivity index is 1.82. The molecule has 2 aromatic rings. The van der Waals surface area contributed by atoms with Crippen LogP contribution in [0, 0.1) is 0 Å². The standard InChI is InChI=1S/C17H10Cl2N2O3S2/c18-11-6-9(7-12(19)14(11)22)8-13-16(24)21(17(25)26-13)20-15(23)10-4-2-1-3-5-10/h1-8,22H,(H,20,23)/b13-8-. The number of benzene rings is 2. The highest BCUT2D eigenvalue weighted by atomic mass is 35.5. The zero-order chi connectivity index (χ0) is 18.8. The minimum atomic E-state index is -0.468. The molecular formula is C17H10Cl2N2O3S2. The molecular weight excluding hydrogens is 415 g/mol. The summed E-state index contributed by atoms with van der Waals surface area (Å²) >= 11 is 18.0. The summed E-state index contributed by atoms with van der Waals surface area (Å²) in [5, 5.41) is 10.8. The minimum Gasteiger partial charge on any atom is -0.505 e. The molecule has 9 heteroatoms. The molecule has 5 nitrogen and oxygen atoms in total. The molecule has 1 saturated heterocycles. The third-order valence-corrected chi connectivity index (χ3v) is 5.26. The number of halogens is 2. The van der Waals surface area contributed by atoms with Crippen molar-refractivity contribution in [2.45, 2.75) is 0 Å². The molecule has 0 aromatic heterocycles. The number of aromatic hydroxyl groups is 1. The van der Waals surface area contributed by atoms with E-state index in [-0.39, 0.29) is 20.1 Å². The lowest BCUT2D eigenvalue weighted by Gasteiger charge is -2.15. The first-order chi connectivity index (χ1) is 12.4. The second kappa shape index (κ2) is 7.67. The van der Waals surface area contributed by atoms with Gasteiger partial charge in [-0.25, -0.2) is 0 Å². The molecule has 0 unspecified atom stereocenters. The molecule has 0 atom stereocenters. The van der Waals surface area contributed by atoms with Gasteiger partial charge in [0, 0.05) is 5.56 Å². The average Bonchev–Trinajstić information content (AvgIpc) is 2.87. The van der Waals surface area contributed by atoms with Crippen LogP contribution >= 0.6 is 47.2 Å². The fraction of sp³-hybridized carbons (Fsp3) is 0. The van der Waals surface area contributed by atoms with Gasteiger partial charge in [-0.15, -0.1) is 0 Å². The lowest BCUT2D eigenvalue weighted by Crippen LogP contribution is -2.44. The summed E-state index contributed by atoms with van der Waals surface area (Å²) in [7, 11) is 0. The predicted octanol–water partition coefficient (Wildman–Crippen LogP) is 4.25. The Hall–Kier alpha value is -2.06. The van der Waals surface area contributed by atoms with E-state index >= 15 is 0 Å². The second-order valence-electron chi connectivity index (χ2n) is 5.16. The van der Waals surface area contributed by atoms with Crippen LogP contribution in [0.4, 0.5) is 0 Å². The summed E-state index contributed by atoms with van der Waals surface area (Å²) in [4.78, 5) is 25.1. The van der Waals surface area contributed by atoms with Crippen LogP contribution in [0.5, 0.6) is 5.75 Å². The van der Waals surface area contributed by atoms with Crippen LogP contribution in [0.2, 0.25) is 10.0 Å². The molecule has 132 valence electrons. The fourth-order valence-corrected chi connectivity index (χ4v) is 3.82. The van der Waals surface area contributed by atoms with Gasteiger partial charge in [-0.1, -0.05) is 53.2 Å². The smallest absolute Gasteiger partial charge is 0.285 e. The molecule has 1 aliphatic heterocycles. The average molecular weight is 425 g/mol. The van der Waals surface area contributed by atoms with Crippen LogP contribution in [0.3, 0.4) is 0 Å². The number of amides is 2. The maximum Gasteiger partial charge on any atom is 0.285 e. The van der Waals surface area contributed by atoms with Crippen molar-refractivity contribution in [3.8, 4) is 5.75 Å². The number of nitrogens with one attached hydrogen (secondary N) is 1. The lowest BCUT2D eigenvalue weighted by molar-refractivity contribution is -0.123. The zero-order valence-electron chi connectivity index (χ0n) is 12.9. The Labute approximate surface area is 168 Å². The van der Waals surface area contributed by atoms with Crippen molar-refractivity contribution in [1.82, 2.24) is 10.4 Å². The van der Waals surface area contributed by atoms with Gasteiger partial charge in [-0.2, -0.15) is 5.01 Å². The van der Waals surface area contributed by atoms with Crippen molar-refractivity contribution in [2.24, 2.45) is 0 Å². The van der Waals surface area contributed by atoms with Gasteiger partial charge >= 0.3 is 0 Å². The van der Waals surface area contributed by atoms with E-state index in [0.29, 0.717) is 16.0 Å². The number of rotatable bonds is 3. The number of carbonyl (C=O) groups excluding carboxylic acids is 2. The maximum absolute atomic E-state index is 12.5. The highest BCUT2D eigenvalue weighted by Gasteiger charge is 2.33.